The van der Waals surface area contributed by atoms with E-state index in [9.17, 15) is 14.4 Å². The van der Waals surface area contributed by atoms with Crippen LogP contribution in [0.5, 0.6) is 0 Å². The summed E-state index contributed by atoms with van der Waals surface area (Å²) in [4.78, 5) is 40.9. The lowest BCUT2D eigenvalue weighted by molar-refractivity contribution is -0.135. The van der Waals surface area contributed by atoms with Crippen molar-refractivity contribution < 1.29 is 19.1 Å². The summed E-state index contributed by atoms with van der Waals surface area (Å²) in [6.45, 7) is 14.5. The second kappa shape index (κ2) is 11.5. The first-order chi connectivity index (χ1) is 15.0. The Labute approximate surface area is 194 Å². The van der Waals surface area contributed by atoms with Crippen molar-refractivity contribution >= 4 is 26.0 Å². The van der Waals surface area contributed by atoms with E-state index in [-0.39, 0.29) is 30.7 Å². The Balaban J connectivity index is 1.81. The number of rotatable bonds is 11. The van der Waals surface area contributed by atoms with Gasteiger partial charge in [-0.05, 0) is 57.9 Å². The normalized spacial score (nSPS) is 23.6. The predicted molar refractivity (Wildman–Crippen MR) is 129 cm³/mol. The maximum Gasteiger partial charge on any atom is 0.329 e. The maximum absolute atomic E-state index is 13.0. The quantitative estimate of drug-likeness (QED) is 0.272. The van der Waals surface area contributed by atoms with Crippen LogP contribution in [0.1, 0.15) is 59.3 Å². The zero-order valence-corrected chi connectivity index (χ0v) is 22.0. The van der Waals surface area contributed by atoms with Gasteiger partial charge in [-0.3, -0.25) is 4.79 Å². The zero-order valence-electron chi connectivity index (χ0n) is 21.0. The highest BCUT2D eigenvalue weighted by Crippen LogP contribution is 2.32. The number of nitrogens with one attached hydrogen (secondary N) is 2. The summed E-state index contributed by atoms with van der Waals surface area (Å²) < 4.78 is 5.70. The SMILES string of the molecule is CCCCNC(=O)NC1CCC(CN2C(=O)N(COCC[Si](C)(C)C)C(=O)C2(C)C)CC1. The topological polar surface area (TPSA) is 91.0 Å². The summed E-state index contributed by atoms with van der Waals surface area (Å²) >= 11 is 0. The minimum atomic E-state index is -1.22. The summed E-state index contributed by atoms with van der Waals surface area (Å²) in [7, 11) is -1.22. The molecule has 184 valence electrons. The van der Waals surface area contributed by atoms with Crippen LogP contribution in [0.15, 0.2) is 0 Å². The second-order valence-electron chi connectivity index (χ2n) is 11.0. The van der Waals surface area contributed by atoms with Crippen LogP contribution in [-0.4, -0.2) is 73.9 Å². The molecule has 0 aromatic carbocycles. The third-order valence-electron chi connectivity index (χ3n) is 6.56. The number of carbonyl (C=O) groups is 3. The van der Waals surface area contributed by atoms with Crippen molar-refractivity contribution in [2.24, 2.45) is 5.92 Å². The van der Waals surface area contributed by atoms with E-state index >= 15 is 0 Å². The van der Waals surface area contributed by atoms with E-state index in [1.807, 2.05) is 13.8 Å². The average molecular weight is 469 g/mol. The Kier molecular flexibility index (Phi) is 9.57. The highest BCUT2D eigenvalue weighted by Gasteiger charge is 2.51. The Morgan fingerprint density at radius 3 is 2.41 bits per heavy atom. The Morgan fingerprint density at radius 2 is 1.81 bits per heavy atom. The minimum Gasteiger partial charge on any atom is -0.361 e. The van der Waals surface area contributed by atoms with Gasteiger partial charge in [0.25, 0.3) is 5.91 Å². The molecule has 32 heavy (non-hydrogen) atoms. The van der Waals surface area contributed by atoms with Gasteiger partial charge in [0.2, 0.25) is 0 Å². The summed E-state index contributed by atoms with van der Waals surface area (Å²) in [5.41, 5.74) is -0.854. The molecule has 0 aromatic rings. The highest BCUT2D eigenvalue weighted by molar-refractivity contribution is 6.76. The smallest absolute Gasteiger partial charge is 0.329 e. The van der Waals surface area contributed by atoms with Gasteiger partial charge in [0, 0.05) is 33.8 Å². The van der Waals surface area contributed by atoms with Crippen LogP contribution < -0.4 is 10.6 Å². The Bertz CT molecular complexity index is 657. The molecule has 1 saturated carbocycles. The molecule has 0 unspecified atom stereocenters. The van der Waals surface area contributed by atoms with Gasteiger partial charge >= 0.3 is 12.1 Å². The lowest BCUT2D eigenvalue weighted by atomic mass is 9.85. The molecular formula is C23H44N4O4Si. The van der Waals surface area contributed by atoms with Crippen LogP contribution in [0.3, 0.4) is 0 Å². The van der Waals surface area contributed by atoms with Gasteiger partial charge in [-0.2, -0.15) is 0 Å². The number of hydrogen-bond acceptors (Lipinski definition) is 4. The molecule has 2 fully saturated rings. The molecule has 0 atom stereocenters. The molecule has 0 spiro atoms. The van der Waals surface area contributed by atoms with Gasteiger partial charge in [-0.1, -0.05) is 33.0 Å². The fourth-order valence-corrected chi connectivity index (χ4v) is 4.99. The van der Waals surface area contributed by atoms with E-state index < -0.39 is 13.6 Å². The van der Waals surface area contributed by atoms with Crippen LogP contribution in [0.2, 0.25) is 25.7 Å². The van der Waals surface area contributed by atoms with Crippen LogP contribution in [-0.2, 0) is 9.53 Å². The molecule has 2 aliphatic rings. The molecule has 1 saturated heterocycles. The third kappa shape index (κ3) is 7.47. The molecule has 1 aliphatic carbocycles. The van der Waals surface area contributed by atoms with Crippen molar-refractivity contribution in [3.63, 3.8) is 0 Å². The van der Waals surface area contributed by atoms with Gasteiger partial charge < -0.3 is 20.3 Å². The molecule has 1 aliphatic heterocycles. The fraction of sp³-hybridized carbons (Fsp3) is 0.870. The van der Waals surface area contributed by atoms with Crippen molar-refractivity contribution in [2.75, 3.05) is 26.4 Å². The number of imide groups is 1. The highest BCUT2D eigenvalue weighted by atomic mass is 28.3. The second-order valence-corrected chi connectivity index (χ2v) is 16.6. The van der Waals surface area contributed by atoms with Crippen LogP contribution in [0.4, 0.5) is 9.59 Å². The molecule has 0 aromatic heterocycles. The van der Waals surface area contributed by atoms with E-state index in [4.69, 9.17) is 4.74 Å². The van der Waals surface area contributed by atoms with Crippen molar-refractivity contribution in [1.29, 1.82) is 0 Å². The van der Waals surface area contributed by atoms with E-state index in [1.54, 1.807) is 4.90 Å². The van der Waals surface area contributed by atoms with Crippen LogP contribution in [0.25, 0.3) is 0 Å². The third-order valence-corrected chi connectivity index (χ3v) is 8.26. The summed E-state index contributed by atoms with van der Waals surface area (Å²) in [6, 6.07) is 0.842. The van der Waals surface area contributed by atoms with Gasteiger partial charge in [0.1, 0.15) is 12.3 Å². The molecule has 2 N–H and O–H groups in total. The van der Waals surface area contributed by atoms with E-state index in [2.05, 4.69) is 37.2 Å². The summed E-state index contributed by atoms with van der Waals surface area (Å²) in [6.07, 6.45) is 5.69. The fourth-order valence-electron chi connectivity index (χ4n) is 4.23. The zero-order chi connectivity index (χ0) is 23.9. The van der Waals surface area contributed by atoms with Gasteiger partial charge in [0.05, 0.1) is 0 Å². The number of carbonyl (C=O) groups excluding carboxylic acids is 3. The molecule has 0 radical (unpaired) electrons. The average Bonchev–Trinajstić information content (AvgIpc) is 2.86. The molecule has 9 heteroatoms. The molecular weight excluding hydrogens is 424 g/mol. The monoisotopic (exact) mass is 468 g/mol. The number of nitrogens with zero attached hydrogens (tertiary/aromatic N) is 2. The lowest BCUT2D eigenvalue weighted by Crippen LogP contribution is -2.48. The van der Waals surface area contributed by atoms with Crippen molar-refractivity contribution in [3.8, 4) is 0 Å². The van der Waals surface area contributed by atoms with Crippen molar-refractivity contribution in [1.82, 2.24) is 20.4 Å². The lowest BCUT2D eigenvalue weighted by Gasteiger charge is -2.35. The largest absolute Gasteiger partial charge is 0.361 e. The first-order valence-electron chi connectivity index (χ1n) is 12.2. The Hall–Kier alpha value is -1.61. The standard InChI is InChI=1S/C23H44N4O4Si/c1-7-8-13-24-21(29)25-19-11-9-18(10-12-19)16-27-22(30)26(20(28)23(27,2)3)17-31-14-15-32(4,5)6/h18-19H,7-17H2,1-6H3,(H2,24,25,29). The van der Waals surface area contributed by atoms with E-state index in [0.717, 1.165) is 44.6 Å². The van der Waals surface area contributed by atoms with E-state index in [1.165, 1.54) is 4.90 Å². The minimum absolute atomic E-state index is 0.0336. The first kappa shape index (κ1) is 26.6. The number of hydrogen-bond donors (Lipinski definition) is 2. The molecule has 5 amide bonds. The number of unbranched alkanes of at least 4 members (excludes halogenated alkanes) is 1. The van der Waals surface area contributed by atoms with Crippen LogP contribution >= 0.6 is 0 Å². The first-order valence-corrected chi connectivity index (χ1v) is 15.9. The molecule has 0 bridgehead atoms. The molecule has 2 rings (SSSR count). The number of ether oxygens (including phenoxy) is 1. The van der Waals surface area contributed by atoms with E-state index in [0.29, 0.717) is 25.6 Å². The van der Waals surface area contributed by atoms with Gasteiger partial charge in [-0.25, -0.2) is 14.5 Å². The molecule has 1 heterocycles. The predicted octanol–water partition coefficient (Wildman–Crippen LogP) is 4.00. The number of urea groups is 2. The molecule has 8 nitrogen and oxygen atoms in total. The van der Waals surface area contributed by atoms with Crippen molar-refractivity contribution in [3.05, 3.63) is 0 Å². The summed E-state index contributed by atoms with van der Waals surface area (Å²) in [5, 5.41) is 5.96. The Morgan fingerprint density at radius 1 is 1.16 bits per heavy atom. The van der Waals surface area contributed by atoms with Gasteiger partial charge in [0.15, 0.2) is 0 Å². The summed E-state index contributed by atoms with van der Waals surface area (Å²) in [5.74, 6) is 0.148. The number of amides is 5. The van der Waals surface area contributed by atoms with Gasteiger partial charge in [-0.15, -0.1) is 0 Å². The van der Waals surface area contributed by atoms with Crippen molar-refractivity contribution in [2.45, 2.75) is 96.6 Å². The maximum atomic E-state index is 13.0. The van der Waals surface area contributed by atoms with Crippen LogP contribution in [0, 0.1) is 5.92 Å².